The number of nitrogens with zero attached hydrogens (tertiary/aromatic N) is 2. The molecule has 2 aliphatic rings. The number of nitrogens with one attached hydrogen (secondary N) is 1. The third-order valence-corrected chi connectivity index (χ3v) is 6.82. The average molecular weight is 373 g/mol. The average Bonchev–Trinajstić information content (AvgIpc) is 2.67. The van der Waals surface area contributed by atoms with Gasteiger partial charge < -0.3 is 4.74 Å². The molecule has 1 aromatic carbocycles. The number of benzene rings is 1. The summed E-state index contributed by atoms with van der Waals surface area (Å²) < 4.78 is 33.9. The normalized spacial score (nSPS) is 22.0. The van der Waals surface area contributed by atoms with E-state index in [2.05, 4.69) is 14.6 Å². The fourth-order valence-corrected chi connectivity index (χ4v) is 4.95. The number of ether oxygens (including phenoxy) is 1. The maximum atomic E-state index is 12.6. The third-order valence-electron chi connectivity index (χ3n) is 5.38. The first-order chi connectivity index (χ1) is 12.6. The van der Waals surface area contributed by atoms with E-state index < -0.39 is 10.0 Å². The lowest BCUT2D eigenvalue weighted by atomic mass is 9.79. The summed E-state index contributed by atoms with van der Waals surface area (Å²) in [5, 5.41) is 0. The number of sulfonamides is 1. The van der Waals surface area contributed by atoms with Crippen LogP contribution in [0.5, 0.6) is 5.75 Å². The highest BCUT2D eigenvalue weighted by molar-refractivity contribution is 7.89. The van der Waals surface area contributed by atoms with Gasteiger partial charge in [-0.05, 0) is 55.8 Å². The topological polar surface area (TPSA) is 71.5 Å². The number of piperidine rings is 1. The number of pyridine rings is 1. The minimum Gasteiger partial charge on any atom is -0.492 e. The quantitative estimate of drug-likeness (QED) is 0.872. The molecule has 0 bridgehead atoms. The van der Waals surface area contributed by atoms with Gasteiger partial charge in [-0.3, -0.25) is 9.88 Å². The van der Waals surface area contributed by atoms with Crippen LogP contribution >= 0.6 is 0 Å². The maximum Gasteiger partial charge on any atom is 0.244 e. The first kappa shape index (κ1) is 17.5. The van der Waals surface area contributed by atoms with Gasteiger partial charge >= 0.3 is 0 Å². The Morgan fingerprint density at radius 2 is 1.85 bits per heavy atom. The molecule has 1 spiro atoms. The molecule has 4 rings (SSSR count). The van der Waals surface area contributed by atoms with Crippen molar-refractivity contribution in [2.45, 2.75) is 24.3 Å². The van der Waals surface area contributed by atoms with E-state index in [1.807, 2.05) is 24.5 Å². The van der Waals surface area contributed by atoms with Crippen LogP contribution < -0.4 is 9.46 Å². The van der Waals surface area contributed by atoms with Gasteiger partial charge in [0, 0.05) is 30.9 Å². The predicted molar refractivity (Wildman–Crippen MR) is 98.3 cm³/mol. The Labute approximate surface area is 154 Å². The molecular weight excluding hydrogens is 350 g/mol. The van der Waals surface area contributed by atoms with Crippen LogP contribution in [0.3, 0.4) is 0 Å². The Bertz CT molecular complexity index is 863. The van der Waals surface area contributed by atoms with E-state index in [0.717, 1.165) is 32.5 Å². The highest BCUT2D eigenvalue weighted by atomic mass is 32.2. The zero-order valence-electron chi connectivity index (χ0n) is 14.6. The maximum absolute atomic E-state index is 12.6. The lowest BCUT2D eigenvalue weighted by molar-refractivity contribution is 0.0523. The molecule has 0 atom stereocenters. The molecule has 26 heavy (non-hydrogen) atoms. The van der Waals surface area contributed by atoms with Crippen molar-refractivity contribution in [2.75, 3.05) is 26.2 Å². The van der Waals surface area contributed by atoms with Gasteiger partial charge in [0.25, 0.3) is 0 Å². The van der Waals surface area contributed by atoms with E-state index >= 15 is 0 Å². The van der Waals surface area contributed by atoms with Crippen molar-refractivity contribution < 1.29 is 13.2 Å². The van der Waals surface area contributed by atoms with Crippen molar-refractivity contribution in [1.82, 2.24) is 14.6 Å². The van der Waals surface area contributed by atoms with Gasteiger partial charge in [0.2, 0.25) is 10.0 Å². The molecule has 0 aliphatic carbocycles. The lowest BCUT2D eigenvalue weighted by Gasteiger charge is -2.42. The molecule has 1 saturated heterocycles. The molecule has 1 N–H and O–H groups in total. The second-order valence-corrected chi connectivity index (χ2v) is 8.93. The molecule has 2 aromatic rings. The first-order valence-corrected chi connectivity index (χ1v) is 10.4. The standard InChI is InChI=1S/C19H23N3O3S/c23-26(24)18-4-2-1-3-17(18)25-15-19(14-21-26)7-11-22(12-8-19)13-16-5-9-20-10-6-16/h1-6,9-10,21H,7-8,11-15H2. The molecule has 0 unspecified atom stereocenters. The lowest BCUT2D eigenvalue weighted by Crippen LogP contribution is -2.49. The molecule has 3 heterocycles. The van der Waals surface area contributed by atoms with Crippen LogP contribution in [0.25, 0.3) is 0 Å². The van der Waals surface area contributed by atoms with Crippen LogP contribution in [0.2, 0.25) is 0 Å². The molecule has 0 saturated carbocycles. The smallest absolute Gasteiger partial charge is 0.244 e. The van der Waals surface area contributed by atoms with Crippen LogP contribution in [0.4, 0.5) is 0 Å². The van der Waals surface area contributed by atoms with Crippen molar-refractivity contribution >= 4 is 10.0 Å². The third kappa shape index (κ3) is 3.60. The number of aromatic nitrogens is 1. The molecule has 0 amide bonds. The summed E-state index contributed by atoms with van der Waals surface area (Å²) in [5.41, 5.74) is 1.09. The molecule has 0 radical (unpaired) electrons. The van der Waals surface area contributed by atoms with Crippen LogP contribution in [0.1, 0.15) is 18.4 Å². The van der Waals surface area contributed by atoms with E-state index in [4.69, 9.17) is 4.74 Å². The zero-order chi connectivity index (χ0) is 18.0. The van der Waals surface area contributed by atoms with E-state index in [0.29, 0.717) is 18.9 Å². The van der Waals surface area contributed by atoms with Crippen molar-refractivity contribution in [3.05, 3.63) is 54.4 Å². The summed E-state index contributed by atoms with van der Waals surface area (Å²) in [4.78, 5) is 6.69. The largest absolute Gasteiger partial charge is 0.492 e. The van der Waals surface area contributed by atoms with Gasteiger partial charge in [0.15, 0.2) is 0 Å². The van der Waals surface area contributed by atoms with Crippen LogP contribution in [-0.4, -0.2) is 44.5 Å². The number of fused-ring (bicyclic) bond motifs is 1. The number of rotatable bonds is 2. The van der Waals surface area contributed by atoms with E-state index in [1.54, 1.807) is 24.3 Å². The highest BCUT2D eigenvalue weighted by Gasteiger charge is 2.38. The number of hydrogen-bond acceptors (Lipinski definition) is 5. The minimum atomic E-state index is -3.53. The minimum absolute atomic E-state index is 0.157. The van der Waals surface area contributed by atoms with Gasteiger partial charge in [0.05, 0.1) is 6.61 Å². The predicted octanol–water partition coefficient (Wildman–Crippen LogP) is 2.03. The van der Waals surface area contributed by atoms with E-state index in [-0.39, 0.29) is 10.3 Å². The van der Waals surface area contributed by atoms with E-state index in [1.165, 1.54) is 5.56 Å². The second-order valence-electron chi connectivity index (χ2n) is 7.19. The Morgan fingerprint density at radius 1 is 1.12 bits per heavy atom. The summed E-state index contributed by atoms with van der Waals surface area (Å²) >= 11 is 0. The fraction of sp³-hybridized carbons (Fsp3) is 0.421. The molecule has 6 nitrogen and oxygen atoms in total. The monoisotopic (exact) mass is 373 g/mol. The molecule has 138 valence electrons. The second kappa shape index (κ2) is 6.98. The Hall–Kier alpha value is -1.96. The van der Waals surface area contributed by atoms with Crippen molar-refractivity contribution in [1.29, 1.82) is 0 Å². The van der Waals surface area contributed by atoms with Crippen LogP contribution in [0.15, 0.2) is 53.7 Å². The van der Waals surface area contributed by atoms with Gasteiger partial charge in [-0.15, -0.1) is 0 Å². The number of para-hydroxylation sites is 1. The summed E-state index contributed by atoms with van der Waals surface area (Å²) in [7, 11) is -3.53. The number of likely N-dealkylation sites (tertiary alicyclic amines) is 1. The first-order valence-electron chi connectivity index (χ1n) is 8.89. The van der Waals surface area contributed by atoms with Crippen molar-refractivity contribution in [3.63, 3.8) is 0 Å². The molecule has 7 heteroatoms. The fourth-order valence-electron chi connectivity index (χ4n) is 3.65. The van der Waals surface area contributed by atoms with Gasteiger partial charge in [-0.25, -0.2) is 13.1 Å². The van der Waals surface area contributed by atoms with Crippen molar-refractivity contribution in [3.8, 4) is 5.75 Å². The summed E-state index contributed by atoms with van der Waals surface area (Å²) in [6, 6.07) is 10.9. The molecule has 1 fully saturated rings. The van der Waals surface area contributed by atoms with Crippen LogP contribution in [-0.2, 0) is 16.6 Å². The molecule has 1 aromatic heterocycles. The van der Waals surface area contributed by atoms with Crippen molar-refractivity contribution in [2.24, 2.45) is 5.41 Å². The Kier molecular flexibility index (Phi) is 4.69. The SMILES string of the molecule is O=S1(=O)NCC2(CCN(Cc3ccncc3)CC2)COc2ccccc21. The van der Waals surface area contributed by atoms with Crippen LogP contribution in [0, 0.1) is 5.41 Å². The summed E-state index contributed by atoms with van der Waals surface area (Å²) in [6.45, 7) is 3.71. The number of hydrogen-bond donors (Lipinski definition) is 1. The van der Waals surface area contributed by atoms with Gasteiger partial charge in [-0.1, -0.05) is 12.1 Å². The van der Waals surface area contributed by atoms with E-state index in [9.17, 15) is 8.42 Å². The Balaban J connectivity index is 1.46. The zero-order valence-corrected chi connectivity index (χ0v) is 15.4. The summed E-state index contributed by atoms with van der Waals surface area (Å²) in [6.07, 6.45) is 5.44. The molecule has 2 aliphatic heterocycles. The highest BCUT2D eigenvalue weighted by Crippen LogP contribution is 2.36. The molecular formula is C19H23N3O3S. The summed E-state index contributed by atoms with van der Waals surface area (Å²) in [5.74, 6) is 0.443. The Morgan fingerprint density at radius 3 is 2.62 bits per heavy atom. The van der Waals surface area contributed by atoms with Gasteiger partial charge in [0.1, 0.15) is 10.6 Å². The van der Waals surface area contributed by atoms with Gasteiger partial charge in [-0.2, -0.15) is 0 Å².